The third kappa shape index (κ3) is 4.01. The minimum absolute atomic E-state index is 0.0470. The van der Waals surface area contributed by atoms with Gasteiger partial charge in [-0.15, -0.1) is 0 Å². The van der Waals surface area contributed by atoms with Crippen LogP contribution in [0.2, 0.25) is 0 Å². The van der Waals surface area contributed by atoms with E-state index in [9.17, 15) is 9.59 Å². The molecule has 3 nitrogen and oxygen atoms in total. The van der Waals surface area contributed by atoms with Crippen LogP contribution >= 0.6 is 0 Å². The number of hydrogen-bond donors (Lipinski definition) is 0. The molecule has 25 heavy (non-hydrogen) atoms. The Morgan fingerprint density at radius 3 is 2.32 bits per heavy atom. The normalized spacial score (nSPS) is 34.8. The quantitative estimate of drug-likeness (QED) is 0.376. The van der Waals surface area contributed by atoms with Crippen molar-refractivity contribution in [2.75, 3.05) is 0 Å². The van der Waals surface area contributed by atoms with Crippen LogP contribution in [0.4, 0.5) is 0 Å². The summed E-state index contributed by atoms with van der Waals surface area (Å²) in [4.78, 5) is 23.7. The van der Waals surface area contributed by atoms with E-state index in [0.717, 1.165) is 38.4 Å². The van der Waals surface area contributed by atoms with Crippen LogP contribution < -0.4 is 0 Å². The summed E-state index contributed by atoms with van der Waals surface area (Å²) in [6.45, 7) is 6.03. The van der Waals surface area contributed by atoms with E-state index in [1.54, 1.807) is 0 Å². The van der Waals surface area contributed by atoms with Crippen molar-refractivity contribution in [2.45, 2.75) is 90.6 Å². The van der Waals surface area contributed by atoms with Crippen LogP contribution in [0, 0.1) is 23.2 Å². The average Bonchev–Trinajstić information content (AvgIpc) is 3.24. The smallest absolute Gasteiger partial charge is 0.312 e. The van der Waals surface area contributed by atoms with Crippen molar-refractivity contribution < 1.29 is 14.3 Å². The molecule has 0 heterocycles. The van der Waals surface area contributed by atoms with E-state index < -0.39 is 5.41 Å². The first-order valence-electron chi connectivity index (χ1n) is 10.2. The lowest BCUT2D eigenvalue weighted by Crippen LogP contribution is -2.37. The highest BCUT2D eigenvalue weighted by atomic mass is 16.6. The molecule has 3 rings (SSSR count). The van der Waals surface area contributed by atoms with E-state index in [2.05, 4.69) is 13.0 Å². The fourth-order valence-corrected chi connectivity index (χ4v) is 5.18. The summed E-state index contributed by atoms with van der Waals surface area (Å²) in [6.07, 6.45) is 14.0. The molecule has 0 aromatic carbocycles. The van der Waals surface area contributed by atoms with Crippen LogP contribution in [0.5, 0.6) is 0 Å². The van der Waals surface area contributed by atoms with Crippen molar-refractivity contribution in [2.24, 2.45) is 23.2 Å². The molecule has 2 atom stereocenters. The Hall–Kier alpha value is -1.12. The standard InChI is InChI=1S/C22H34O3/c1-4-21(2,3)20(24)25-22(13-16-7-5-6-8-16)14-18-11-17(9-10-23)12-19(18)15-22/h10,13,17-19H,4-9,11-12,14-15H2,1-3H3. The Bertz CT molecular complexity index is 523. The Labute approximate surface area is 152 Å². The van der Waals surface area contributed by atoms with Gasteiger partial charge in [0.15, 0.2) is 0 Å². The number of esters is 1. The first-order valence-corrected chi connectivity index (χ1v) is 10.2. The van der Waals surface area contributed by atoms with Crippen molar-refractivity contribution in [3.05, 3.63) is 11.6 Å². The zero-order valence-corrected chi connectivity index (χ0v) is 16.2. The van der Waals surface area contributed by atoms with E-state index in [4.69, 9.17) is 4.74 Å². The van der Waals surface area contributed by atoms with Gasteiger partial charge in [-0.3, -0.25) is 4.79 Å². The van der Waals surface area contributed by atoms with Crippen LogP contribution in [-0.2, 0) is 14.3 Å². The van der Waals surface area contributed by atoms with Crippen LogP contribution in [0.15, 0.2) is 11.6 Å². The Balaban J connectivity index is 1.77. The highest BCUT2D eigenvalue weighted by Gasteiger charge is 2.51. The second-order valence-electron chi connectivity index (χ2n) is 9.37. The number of aldehydes is 1. The first-order chi connectivity index (χ1) is 11.9. The molecule has 0 aliphatic heterocycles. The number of ether oxygens (including phenoxy) is 1. The van der Waals surface area contributed by atoms with E-state index in [0.29, 0.717) is 24.2 Å². The summed E-state index contributed by atoms with van der Waals surface area (Å²) in [7, 11) is 0. The predicted octanol–water partition coefficient (Wildman–Crippen LogP) is 5.23. The molecule has 0 saturated heterocycles. The van der Waals surface area contributed by atoms with Gasteiger partial charge in [0.05, 0.1) is 5.41 Å². The zero-order valence-electron chi connectivity index (χ0n) is 16.2. The van der Waals surface area contributed by atoms with Gasteiger partial charge in [0.1, 0.15) is 11.9 Å². The van der Waals surface area contributed by atoms with Gasteiger partial charge in [-0.1, -0.05) is 12.5 Å². The molecular weight excluding hydrogens is 312 g/mol. The van der Waals surface area contributed by atoms with E-state index in [-0.39, 0.29) is 11.6 Å². The fraction of sp³-hybridized carbons (Fsp3) is 0.818. The molecule has 3 saturated carbocycles. The second-order valence-corrected chi connectivity index (χ2v) is 9.37. The Morgan fingerprint density at radius 2 is 1.80 bits per heavy atom. The molecule has 3 aliphatic rings. The molecule has 3 heteroatoms. The lowest BCUT2D eigenvalue weighted by molar-refractivity contribution is -0.166. The van der Waals surface area contributed by atoms with Crippen LogP contribution in [-0.4, -0.2) is 17.9 Å². The van der Waals surface area contributed by atoms with Gasteiger partial charge in [-0.2, -0.15) is 0 Å². The van der Waals surface area contributed by atoms with Gasteiger partial charge in [-0.05, 0) is 95.5 Å². The van der Waals surface area contributed by atoms with Gasteiger partial charge in [-0.25, -0.2) is 0 Å². The van der Waals surface area contributed by atoms with E-state index in [1.165, 1.54) is 31.3 Å². The maximum absolute atomic E-state index is 12.8. The van der Waals surface area contributed by atoms with Crippen molar-refractivity contribution >= 4 is 12.3 Å². The molecule has 0 bridgehead atoms. The van der Waals surface area contributed by atoms with Crippen molar-refractivity contribution in [3.8, 4) is 0 Å². The summed E-state index contributed by atoms with van der Waals surface area (Å²) in [6, 6.07) is 0. The molecule has 3 aliphatic carbocycles. The van der Waals surface area contributed by atoms with Gasteiger partial charge in [0, 0.05) is 6.42 Å². The Morgan fingerprint density at radius 1 is 1.20 bits per heavy atom. The highest BCUT2D eigenvalue weighted by Crippen LogP contribution is 2.54. The molecular formula is C22H34O3. The number of hydrogen-bond acceptors (Lipinski definition) is 3. The SMILES string of the molecule is CCC(C)(C)C(=O)OC1(C=C2CCCC2)CC2CC(CC=O)CC2C1. The maximum Gasteiger partial charge on any atom is 0.312 e. The highest BCUT2D eigenvalue weighted by molar-refractivity contribution is 5.76. The molecule has 0 radical (unpaired) electrons. The monoisotopic (exact) mass is 346 g/mol. The summed E-state index contributed by atoms with van der Waals surface area (Å²) in [5.41, 5.74) is 0.690. The van der Waals surface area contributed by atoms with Gasteiger partial charge >= 0.3 is 5.97 Å². The predicted molar refractivity (Wildman–Crippen MR) is 99.1 cm³/mol. The maximum atomic E-state index is 12.8. The number of fused-ring (bicyclic) bond motifs is 1. The van der Waals surface area contributed by atoms with E-state index >= 15 is 0 Å². The number of carbonyl (C=O) groups is 2. The number of rotatable bonds is 6. The molecule has 3 fully saturated rings. The lowest BCUT2D eigenvalue weighted by Gasteiger charge is -2.32. The summed E-state index contributed by atoms with van der Waals surface area (Å²) in [5.74, 6) is 1.73. The molecule has 0 aromatic rings. The van der Waals surface area contributed by atoms with Crippen molar-refractivity contribution in [1.82, 2.24) is 0 Å². The van der Waals surface area contributed by atoms with Crippen LogP contribution in [0.3, 0.4) is 0 Å². The van der Waals surface area contributed by atoms with Gasteiger partial charge < -0.3 is 9.53 Å². The van der Waals surface area contributed by atoms with Crippen molar-refractivity contribution in [3.63, 3.8) is 0 Å². The van der Waals surface area contributed by atoms with E-state index in [1.807, 2.05) is 13.8 Å². The third-order valence-electron chi connectivity index (χ3n) is 7.03. The third-order valence-corrected chi connectivity index (χ3v) is 7.03. The zero-order chi connectivity index (χ0) is 18.1. The molecule has 0 aromatic heterocycles. The minimum Gasteiger partial charge on any atom is -0.454 e. The first kappa shape index (κ1) is 18.7. The second kappa shape index (κ2) is 7.25. The molecule has 0 N–H and O–H groups in total. The van der Waals surface area contributed by atoms with Gasteiger partial charge in [0.25, 0.3) is 0 Å². The van der Waals surface area contributed by atoms with Crippen LogP contribution in [0.1, 0.15) is 85.0 Å². The van der Waals surface area contributed by atoms with Crippen molar-refractivity contribution in [1.29, 1.82) is 0 Å². The fourth-order valence-electron chi connectivity index (χ4n) is 5.18. The van der Waals surface area contributed by atoms with Crippen LogP contribution in [0.25, 0.3) is 0 Å². The molecule has 0 amide bonds. The lowest BCUT2D eigenvalue weighted by atomic mass is 9.88. The Kier molecular flexibility index (Phi) is 5.41. The van der Waals surface area contributed by atoms with Gasteiger partial charge in [0.2, 0.25) is 0 Å². The molecule has 0 spiro atoms. The largest absolute Gasteiger partial charge is 0.454 e. The average molecular weight is 347 g/mol. The number of carbonyl (C=O) groups excluding carboxylic acids is 2. The topological polar surface area (TPSA) is 43.4 Å². The summed E-state index contributed by atoms with van der Waals surface area (Å²) >= 11 is 0. The molecule has 2 unspecified atom stereocenters. The summed E-state index contributed by atoms with van der Waals surface area (Å²) in [5, 5.41) is 0. The summed E-state index contributed by atoms with van der Waals surface area (Å²) < 4.78 is 6.26. The minimum atomic E-state index is -0.418. The molecule has 140 valence electrons. The number of allylic oxidation sites excluding steroid dienone is 1.